The number of carbonyl (C=O) groups excluding carboxylic acids is 2. The summed E-state index contributed by atoms with van der Waals surface area (Å²) in [6.45, 7) is 2.66. The largest absolute Gasteiger partial charge is 0.452 e. The fraction of sp³-hybridized carbons (Fsp3) is 0.438. The van der Waals surface area contributed by atoms with Crippen molar-refractivity contribution in [1.82, 2.24) is 14.5 Å². The Morgan fingerprint density at radius 2 is 2.00 bits per heavy atom. The minimum absolute atomic E-state index is 0.157. The van der Waals surface area contributed by atoms with E-state index >= 15 is 0 Å². The Labute approximate surface area is 140 Å². The number of amides is 1. The van der Waals surface area contributed by atoms with Crippen LogP contribution in [0.15, 0.2) is 18.5 Å². The van der Waals surface area contributed by atoms with Gasteiger partial charge < -0.3 is 14.2 Å². The summed E-state index contributed by atoms with van der Waals surface area (Å²) in [6.07, 6.45) is 6.45. The van der Waals surface area contributed by atoms with Crippen molar-refractivity contribution >= 4 is 18.0 Å². The van der Waals surface area contributed by atoms with E-state index < -0.39 is 18.5 Å². The van der Waals surface area contributed by atoms with E-state index in [1.165, 1.54) is 17.1 Å². The lowest BCUT2D eigenvalue weighted by atomic mass is 10.3. The van der Waals surface area contributed by atoms with Crippen molar-refractivity contribution in [2.45, 2.75) is 26.3 Å². The molecule has 0 aliphatic heterocycles. The summed E-state index contributed by atoms with van der Waals surface area (Å²) in [4.78, 5) is 29.1. The number of nitriles is 2. The third-order valence-electron chi connectivity index (χ3n) is 3.13. The van der Waals surface area contributed by atoms with Crippen LogP contribution in [0.25, 0.3) is 6.08 Å². The molecule has 0 saturated heterocycles. The Balaban J connectivity index is 2.50. The summed E-state index contributed by atoms with van der Waals surface area (Å²) in [5.74, 6) is -0.475. The first-order chi connectivity index (χ1) is 11.6. The third kappa shape index (κ3) is 6.32. The van der Waals surface area contributed by atoms with Crippen molar-refractivity contribution in [1.29, 1.82) is 10.5 Å². The van der Waals surface area contributed by atoms with Crippen LogP contribution in [0.3, 0.4) is 0 Å². The van der Waals surface area contributed by atoms with Crippen LogP contribution in [0.1, 0.15) is 25.6 Å². The normalized spacial score (nSPS) is 10.1. The molecule has 0 bridgehead atoms. The van der Waals surface area contributed by atoms with E-state index in [1.807, 2.05) is 23.6 Å². The van der Waals surface area contributed by atoms with E-state index in [0.717, 1.165) is 6.54 Å². The van der Waals surface area contributed by atoms with Gasteiger partial charge in [-0.25, -0.2) is 9.78 Å². The van der Waals surface area contributed by atoms with E-state index in [-0.39, 0.29) is 25.9 Å². The van der Waals surface area contributed by atoms with Gasteiger partial charge in [0.05, 0.1) is 25.0 Å². The molecule has 0 radical (unpaired) electrons. The van der Waals surface area contributed by atoms with Crippen LogP contribution < -0.4 is 0 Å². The van der Waals surface area contributed by atoms with E-state index in [4.69, 9.17) is 15.3 Å². The average molecular weight is 329 g/mol. The first-order valence-corrected chi connectivity index (χ1v) is 7.50. The van der Waals surface area contributed by atoms with Crippen LogP contribution in [0.4, 0.5) is 0 Å². The highest BCUT2D eigenvalue weighted by atomic mass is 16.5. The highest BCUT2D eigenvalue weighted by Crippen LogP contribution is 2.01. The number of ether oxygens (including phenoxy) is 1. The second kappa shape index (κ2) is 10.6. The summed E-state index contributed by atoms with van der Waals surface area (Å²) < 4.78 is 6.74. The lowest BCUT2D eigenvalue weighted by Crippen LogP contribution is -2.36. The predicted molar refractivity (Wildman–Crippen MR) is 84.9 cm³/mol. The summed E-state index contributed by atoms with van der Waals surface area (Å²) in [5.41, 5.74) is 0. The lowest BCUT2D eigenvalue weighted by Gasteiger charge is -2.19. The molecule has 0 atom stereocenters. The van der Waals surface area contributed by atoms with E-state index in [9.17, 15) is 9.59 Å². The van der Waals surface area contributed by atoms with Crippen molar-refractivity contribution in [2.24, 2.45) is 0 Å². The fourth-order valence-electron chi connectivity index (χ4n) is 1.89. The maximum absolute atomic E-state index is 12.0. The molecule has 0 N–H and O–H groups in total. The number of hydrogen-bond acceptors (Lipinski definition) is 6. The molecule has 8 heteroatoms. The Bertz CT molecular complexity index is 648. The molecule has 126 valence electrons. The number of hydrogen-bond donors (Lipinski definition) is 0. The van der Waals surface area contributed by atoms with Gasteiger partial charge in [-0.15, -0.1) is 0 Å². The van der Waals surface area contributed by atoms with Crippen LogP contribution in [-0.2, 0) is 20.9 Å². The highest BCUT2D eigenvalue weighted by Gasteiger charge is 2.14. The Morgan fingerprint density at radius 1 is 1.33 bits per heavy atom. The van der Waals surface area contributed by atoms with Gasteiger partial charge in [-0.3, -0.25) is 4.79 Å². The molecule has 1 rings (SSSR count). The Morgan fingerprint density at radius 3 is 2.58 bits per heavy atom. The van der Waals surface area contributed by atoms with Crippen LogP contribution in [0, 0.1) is 22.7 Å². The number of aromatic nitrogens is 2. The Kier molecular flexibility index (Phi) is 8.33. The molecular weight excluding hydrogens is 310 g/mol. The van der Waals surface area contributed by atoms with Gasteiger partial charge in [0, 0.05) is 38.1 Å². The molecule has 1 aromatic rings. The second-order valence-electron chi connectivity index (χ2n) is 4.71. The minimum atomic E-state index is -0.658. The number of carbonyl (C=O) groups is 2. The summed E-state index contributed by atoms with van der Waals surface area (Å²) >= 11 is 0. The number of aryl methyl sites for hydroxylation is 1. The highest BCUT2D eigenvalue weighted by molar-refractivity contribution is 5.88. The smallest absolute Gasteiger partial charge is 0.331 e. The van der Waals surface area contributed by atoms with Crippen molar-refractivity contribution < 1.29 is 14.3 Å². The number of esters is 1. The van der Waals surface area contributed by atoms with Gasteiger partial charge in [-0.1, -0.05) is 0 Å². The van der Waals surface area contributed by atoms with Gasteiger partial charge in [0.25, 0.3) is 5.91 Å². The van der Waals surface area contributed by atoms with Crippen molar-refractivity contribution in [3.63, 3.8) is 0 Å². The van der Waals surface area contributed by atoms with Gasteiger partial charge in [-0.05, 0) is 13.0 Å². The molecule has 1 aromatic heterocycles. The van der Waals surface area contributed by atoms with Crippen molar-refractivity contribution in [2.75, 3.05) is 19.7 Å². The van der Waals surface area contributed by atoms with Crippen molar-refractivity contribution in [3.8, 4) is 12.1 Å². The van der Waals surface area contributed by atoms with Gasteiger partial charge in [0.1, 0.15) is 5.82 Å². The maximum Gasteiger partial charge on any atom is 0.331 e. The quantitative estimate of drug-likeness (QED) is 0.495. The predicted octanol–water partition coefficient (Wildman–Crippen LogP) is 1.12. The van der Waals surface area contributed by atoms with Crippen LogP contribution in [-0.4, -0.2) is 46.0 Å². The van der Waals surface area contributed by atoms with E-state index in [2.05, 4.69) is 4.98 Å². The van der Waals surface area contributed by atoms with Gasteiger partial charge in [0.2, 0.25) is 0 Å². The SMILES string of the molecule is CCn1ccnc1/C=C/C(=O)OCC(=O)N(CCC#N)CCC#N. The molecule has 0 aromatic carbocycles. The zero-order chi connectivity index (χ0) is 17.8. The molecule has 0 aliphatic rings. The van der Waals surface area contributed by atoms with Crippen molar-refractivity contribution in [3.05, 3.63) is 24.3 Å². The molecule has 0 aliphatic carbocycles. The number of nitrogens with zero attached hydrogens (tertiary/aromatic N) is 5. The zero-order valence-corrected chi connectivity index (χ0v) is 13.5. The molecule has 24 heavy (non-hydrogen) atoms. The first kappa shape index (κ1) is 18.9. The first-order valence-electron chi connectivity index (χ1n) is 7.50. The molecule has 0 saturated carbocycles. The summed E-state index contributed by atoms with van der Waals surface area (Å²) in [6, 6.07) is 3.87. The molecule has 0 unspecified atom stereocenters. The summed E-state index contributed by atoms with van der Waals surface area (Å²) in [5, 5.41) is 17.2. The second-order valence-corrected chi connectivity index (χ2v) is 4.71. The molecule has 0 fully saturated rings. The molecule has 0 spiro atoms. The molecular formula is C16H19N5O3. The Hall–Kier alpha value is -3.13. The minimum Gasteiger partial charge on any atom is -0.452 e. The van der Waals surface area contributed by atoms with E-state index in [0.29, 0.717) is 5.82 Å². The third-order valence-corrected chi connectivity index (χ3v) is 3.13. The van der Waals surface area contributed by atoms with Gasteiger partial charge in [0.15, 0.2) is 6.61 Å². The summed E-state index contributed by atoms with van der Waals surface area (Å²) in [7, 11) is 0. The van der Waals surface area contributed by atoms with Crippen LogP contribution >= 0.6 is 0 Å². The van der Waals surface area contributed by atoms with Crippen LogP contribution in [0.2, 0.25) is 0 Å². The monoisotopic (exact) mass is 329 g/mol. The molecule has 1 amide bonds. The van der Waals surface area contributed by atoms with Gasteiger partial charge >= 0.3 is 5.97 Å². The zero-order valence-electron chi connectivity index (χ0n) is 13.5. The fourth-order valence-corrected chi connectivity index (χ4v) is 1.89. The molecule has 1 heterocycles. The topological polar surface area (TPSA) is 112 Å². The maximum atomic E-state index is 12.0. The van der Waals surface area contributed by atoms with E-state index in [1.54, 1.807) is 12.4 Å². The number of imidazole rings is 1. The van der Waals surface area contributed by atoms with Crippen LogP contribution in [0.5, 0.6) is 0 Å². The average Bonchev–Trinajstić information content (AvgIpc) is 3.05. The molecule has 8 nitrogen and oxygen atoms in total. The number of rotatable bonds is 9. The lowest BCUT2D eigenvalue weighted by molar-refractivity contribution is -0.148. The standard InChI is InChI=1S/C16H19N5O3/c1-2-20-12-9-19-14(20)5-6-16(23)24-13-15(22)21(10-3-7-17)11-4-8-18/h5-6,9,12H,2-4,10-11,13H2,1H3/b6-5+. The van der Waals surface area contributed by atoms with Gasteiger partial charge in [-0.2, -0.15) is 10.5 Å².